The number of β-amino-alcohol motifs (C(OH)–C–C–N with tert-alkyl or cyclic N) is 1. The highest BCUT2D eigenvalue weighted by molar-refractivity contribution is 9.11. The molecule has 0 spiro atoms. The smallest absolute Gasteiger partial charge is 0.329 e. The third-order valence-electron chi connectivity index (χ3n) is 1.97. The second-order valence-electron chi connectivity index (χ2n) is 2.92. The molecule has 1 aromatic rings. The summed E-state index contributed by atoms with van der Waals surface area (Å²) in [7, 11) is 0. The van der Waals surface area contributed by atoms with Crippen molar-refractivity contribution in [2.75, 3.05) is 17.4 Å². The van der Waals surface area contributed by atoms with Crippen molar-refractivity contribution < 1.29 is 9.90 Å². The lowest BCUT2D eigenvalue weighted by atomic mass is 10.5. The first kappa shape index (κ1) is 11.1. The molecule has 1 unspecified atom stereocenters. The largest absolute Gasteiger partial charge is 0.371 e. The van der Waals surface area contributed by atoms with Gasteiger partial charge in [-0.15, -0.1) is 11.6 Å². The minimum atomic E-state index is -0.880. The van der Waals surface area contributed by atoms with E-state index in [0.717, 1.165) is 3.79 Å². The number of alkyl halides is 1. The van der Waals surface area contributed by atoms with E-state index in [1.54, 1.807) is 6.20 Å². The van der Waals surface area contributed by atoms with Crippen molar-refractivity contribution in [2.45, 2.75) is 6.23 Å². The van der Waals surface area contributed by atoms with Gasteiger partial charge >= 0.3 is 6.03 Å². The highest BCUT2D eigenvalue weighted by Crippen LogP contribution is 2.30. The standard InChI is InChI=1S/C7H7BrClN3O2S/c8-4-1-10-6(15-4)12-5(13)2-11(3-9)7(12)14/h1,5,13H,2-3H2. The van der Waals surface area contributed by atoms with Crippen LogP contribution < -0.4 is 4.90 Å². The molecule has 1 N–H and O–H groups in total. The van der Waals surface area contributed by atoms with E-state index in [9.17, 15) is 9.90 Å². The Hall–Kier alpha value is -0.370. The molecule has 2 amide bonds. The molecule has 82 valence electrons. The van der Waals surface area contributed by atoms with E-state index in [1.165, 1.54) is 21.1 Å². The van der Waals surface area contributed by atoms with Crippen molar-refractivity contribution in [2.24, 2.45) is 0 Å². The quantitative estimate of drug-likeness (QED) is 0.667. The van der Waals surface area contributed by atoms with E-state index in [1.807, 2.05) is 0 Å². The lowest BCUT2D eigenvalue weighted by Gasteiger charge is -2.15. The summed E-state index contributed by atoms with van der Waals surface area (Å²) in [6.45, 7) is 0.208. The first-order valence-electron chi connectivity index (χ1n) is 4.07. The van der Waals surface area contributed by atoms with E-state index in [2.05, 4.69) is 20.9 Å². The number of carbonyl (C=O) groups excluding carboxylic acids is 1. The normalized spacial score (nSPS) is 21.5. The molecule has 1 aliphatic rings. The van der Waals surface area contributed by atoms with Gasteiger partial charge in [0.05, 0.1) is 22.5 Å². The molecule has 0 aliphatic carbocycles. The first-order valence-corrected chi connectivity index (χ1v) is 6.21. The van der Waals surface area contributed by atoms with Gasteiger partial charge in [0, 0.05) is 0 Å². The number of aromatic nitrogens is 1. The first-order chi connectivity index (χ1) is 7.13. The Bertz CT molecular complexity index is 388. The van der Waals surface area contributed by atoms with Crippen LogP contribution in [0.3, 0.4) is 0 Å². The maximum atomic E-state index is 11.7. The van der Waals surface area contributed by atoms with Crippen LogP contribution in [-0.2, 0) is 0 Å². The number of hydrogen-bond donors (Lipinski definition) is 1. The van der Waals surface area contributed by atoms with E-state index in [-0.39, 0.29) is 18.6 Å². The van der Waals surface area contributed by atoms with E-state index < -0.39 is 6.23 Å². The van der Waals surface area contributed by atoms with Crippen molar-refractivity contribution in [3.8, 4) is 0 Å². The van der Waals surface area contributed by atoms with Gasteiger partial charge in [0.2, 0.25) is 0 Å². The Kier molecular flexibility index (Phi) is 3.15. The molecule has 1 aliphatic heterocycles. The Morgan fingerprint density at radius 1 is 1.80 bits per heavy atom. The molecule has 1 saturated heterocycles. The van der Waals surface area contributed by atoms with Crippen LogP contribution in [-0.4, -0.2) is 39.8 Å². The molecule has 1 fully saturated rings. The Labute approximate surface area is 103 Å². The number of halogens is 2. The Morgan fingerprint density at radius 3 is 3.00 bits per heavy atom. The minimum Gasteiger partial charge on any atom is -0.371 e. The fourth-order valence-corrected chi connectivity index (χ4v) is 2.72. The lowest BCUT2D eigenvalue weighted by molar-refractivity contribution is 0.182. The summed E-state index contributed by atoms with van der Waals surface area (Å²) in [6.07, 6.45) is 0.706. The zero-order valence-corrected chi connectivity index (χ0v) is 10.6. The minimum absolute atomic E-state index is 0.0684. The molecular formula is C7H7BrClN3O2S. The molecule has 0 aromatic carbocycles. The fraction of sp³-hybridized carbons (Fsp3) is 0.429. The maximum Gasteiger partial charge on any atom is 0.329 e. The van der Waals surface area contributed by atoms with E-state index in [0.29, 0.717) is 5.13 Å². The van der Waals surface area contributed by atoms with Crippen LogP contribution >= 0.6 is 38.9 Å². The molecule has 15 heavy (non-hydrogen) atoms. The third-order valence-corrected chi connectivity index (χ3v) is 3.74. The predicted octanol–water partition coefficient (Wildman–Crippen LogP) is 1.66. The summed E-state index contributed by atoms with van der Waals surface area (Å²) >= 11 is 10.1. The van der Waals surface area contributed by atoms with Crippen LogP contribution in [0.2, 0.25) is 0 Å². The van der Waals surface area contributed by atoms with Gasteiger partial charge in [0.1, 0.15) is 0 Å². The summed E-state index contributed by atoms with van der Waals surface area (Å²) in [6, 6.07) is -0.252. The highest BCUT2D eigenvalue weighted by Gasteiger charge is 2.38. The van der Waals surface area contributed by atoms with Crippen LogP contribution in [0.5, 0.6) is 0 Å². The predicted molar refractivity (Wildman–Crippen MR) is 61.1 cm³/mol. The van der Waals surface area contributed by atoms with Gasteiger partial charge in [-0.25, -0.2) is 14.7 Å². The van der Waals surface area contributed by atoms with Crippen LogP contribution in [0.1, 0.15) is 0 Å². The number of hydrogen-bond acceptors (Lipinski definition) is 4. The summed E-state index contributed by atoms with van der Waals surface area (Å²) in [5, 5.41) is 10.1. The Balaban J connectivity index is 2.26. The number of rotatable bonds is 2. The topological polar surface area (TPSA) is 56.7 Å². The van der Waals surface area contributed by atoms with Crippen molar-refractivity contribution in [3.05, 3.63) is 9.98 Å². The number of amides is 2. The van der Waals surface area contributed by atoms with E-state index >= 15 is 0 Å². The molecule has 2 heterocycles. The number of aliphatic hydroxyl groups excluding tert-OH is 1. The lowest BCUT2D eigenvalue weighted by Crippen LogP contribution is -2.34. The average Bonchev–Trinajstić information content (AvgIpc) is 2.71. The van der Waals surface area contributed by atoms with Crippen LogP contribution in [0.15, 0.2) is 9.98 Å². The highest BCUT2D eigenvalue weighted by atomic mass is 79.9. The van der Waals surface area contributed by atoms with Crippen molar-refractivity contribution >= 4 is 50.0 Å². The van der Waals surface area contributed by atoms with Crippen LogP contribution in [0, 0.1) is 0 Å². The molecule has 0 bridgehead atoms. The SMILES string of the molecule is O=C1N(CCl)CC(O)N1c1ncc(Br)s1. The summed E-state index contributed by atoms with van der Waals surface area (Å²) in [5.41, 5.74) is 0. The fourth-order valence-electron chi connectivity index (χ4n) is 1.30. The van der Waals surface area contributed by atoms with Gasteiger partial charge in [-0.3, -0.25) is 0 Å². The van der Waals surface area contributed by atoms with Crippen molar-refractivity contribution in [3.63, 3.8) is 0 Å². The van der Waals surface area contributed by atoms with Gasteiger partial charge in [-0.1, -0.05) is 11.3 Å². The van der Waals surface area contributed by atoms with Crippen LogP contribution in [0.25, 0.3) is 0 Å². The zero-order valence-electron chi connectivity index (χ0n) is 7.43. The second-order valence-corrected chi connectivity index (χ2v) is 5.55. The zero-order chi connectivity index (χ0) is 11.0. The molecule has 2 rings (SSSR count). The number of aliphatic hydroxyl groups is 1. The van der Waals surface area contributed by atoms with Crippen LogP contribution in [0.4, 0.5) is 9.93 Å². The number of anilines is 1. The van der Waals surface area contributed by atoms with Gasteiger partial charge in [-0.05, 0) is 15.9 Å². The second kappa shape index (κ2) is 4.25. The number of carbonyl (C=O) groups is 1. The van der Waals surface area contributed by atoms with Gasteiger partial charge < -0.3 is 10.0 Å². The van der Waals surface area contributed by atoms with Crippen molar-refractivity contribution in [1.29, 1.82) is 0 Å². The molecule has 1 atom stereocenters. The van der Waals surface area contributed by atoms with Crippen molar-refractivity contribution in [1.82, 2.24) is 9.88 Å². The number of thiazole rings is 1. The molecular weight excluding hydrogens is 306 g/mol. The van der Waals surface area contributed by atoms with E-state index in [4.69, 9.17) is 11.6 Å². The molecule has 0 saturated carbocycles. The number of urea groups is 1. The monoisotopic (exact) mass is 311 g/mol. The average molecular weight is 313 g/mol. The molecule has 5 nitrogen and oxygen atoms in total. The summed E-state index contributed by atoms with van der Waals surface area (Å²) < 4.78 is 0.807. The Morgan fingerprint density at radius 2 is 2.53 bits per heavy atom. The van der Waals surface area contributed by atoms with Gasteiger partial charge in [0.15, 0.2) is 11.4 Å². The summed E-state index contributed by atoms with van der Waals surface area (Å²) in [5.74, 6) is 0. The van der Waals surface area contributed by atoms with Gasteiger partial charge in [0.25, 0.3) is 0 Å². The number of nitrogens with zero attached hydrogens (tertiary/aromatic N) is 3. The molecule has 1 aromatic heterocycles. The summed E-state index contributed by atoms with van der Waals surface area (Å²) in [4.78, 5) is 18.3. The molecule has 8 heteroatoms. The molecule has 0 radical (unpaired) electrons. The van der Waals surface area contributed by atoms with Gasteiger partial charge in [-0.2, -0.15) is 0 Å². The third kappa shape index (κ3) is 1.96. The maximum absolute atomic E-state index is 11.7.